The molecule has 0 amide bonds. The van der Waals surface area contributed by atoms with Crippen molar-refractivity contribution < 1.29 is 0 Å². The molecule has 0 nitrogen and oxygen atoms in total. The molecule has 1 atom stereocenters. The molecular formula is C10H21BrSn. The summed E-state index contributed by atoms with van der Waals surface area (Å²) in [4.78, 5) is 2.58. The Bertz CT molecular complexity index is 137. The first-order valence-corrected chi connectivity index (χ1v) is 17.8. The summed E-state index contributed by atoms with van der Waals surface area (Å²) < 4.78 is 2.08. The Kier molecular flexibility index (Phi) is 4.42. The van der Waals surface area contributed by atoms with Crippen molar-refractivity contribution in [2.24, 2.45) is 0 Å². The van der Waals surface area contributed by atoms with Crippen molar-refractivity contribution in [3.05, 3.63) is 0 Å². The van der Waals surface area contributed by atoms with Crippen LogP contribution in [0.15, 0.2) is 0 Å². The van der Waals surface area contributed by atoms with Crippen molar-refractivity contribution >= 4 is 28.9 Å². The second-order valence-electron chi connectivity index (χ2n) is 4.64. The summed E-state index contributed by atoms with van der Waals surface area (Å²) >= 11 is 2.31. The van der Waals surface area contributed by atoms with Gasteiger partial charge in [0.2, 0.25) is 0 Å². The molecule has 0 saturated heterocycles. The van der Waals surface area contributed by atoms with Gasteiger partial charge in [0.05, 0.1) is 0 Å². The average molecular weight is 340 g/mol. The van der Waals surface area contributed by atoms with Crippen LogP contribution >= 0.6 is 12.7 Å². The van der Waals surface area contributed by atoms with E-state index in [1.54, 1.807) is 0 Å². The number of halogens is 1. The molecule has 72 valence electrons. The molecule has 1 rings (SSSR count). The van der Waals surface area contributed by atoms with Crippen LogP contribution in [-0.2, 0) is 0 Å². The van der Waals surface area contributed by atoms with Gasteiger partial charge < -0.3 is 0 Å². The summed E-state index contributed by atoms with van der Waals surface area (Å²) in [7, 11) is 0. The fraction of sp³-hybridized carbons (Fsp3) is 1.00. The molecule has 1 unspecified atom stereocenters. The molecule has 0 aromatic heterocycles. The monoisotopic (exact) mass is 340 g/mol. The number of rotatable bonds is 2. The molecule has 0 aromatic carbocycles. The van der Waals surface area contributed by atoms with Gasteiger partial charge in [0.15, 0.2) is 0 Å². The van der Waals surface area contributed by atoms with E-state index in [9.17, 15) is 0 Å². The van der Waals surface area contributed by atoms with E-state index in [2.05, 4.69) is 31.5 Å². The van der Waals surface area contributed by atoms with Crippen LogP contribution in [0.2, 0.25) is 12.8 Å². The Morgan fingerprint density at radius 3 is 2.08 bits per heavy atom. The minimum absolute atomic E-state index is 0.961. The van der Waals surface area contributed by atoms with Gasteiger partial charge in [-0.25, -0.2) is 0 Å². The van der Waals surface area contributed by atoms with Crippen LogP contribution in [0.5, 0.6) is 0 Å². The van der Waals surface area contributed by atoms with E-state index in [0.29, 0.717) is 0 Å². The van der Waals surface area contributed by atoms with Gasteiger partial charge in [-0.05, 0) is 0 Å². The molecule has 1 aliphatic rings. The van der Waals surface area contributed by atoms with E-state index >= 15 is 0 Å². The molecule has 0 spiro atoms. The van der Waals surface area contributed by atoms with Gasteiger partial charge in [-0.1, -0.05) is 0 Å². The normalized spacial score (nSPS) is 25.8. The second-order valence-corrected chi connectivity index (χ2v) is 28.3. The third-order valence-corrected chi connectivity index (χ3v) is 26.7. The molecule has 0 heterocycles. The fourth-order valence-corrected chi connectivity index (χ4v) is 12.3. The van der Waals surface area contributed by atoms with Gasteiger partial charge >= 0.3 is 87.6 Å². The van der Waals surface area contributed by atoms with Crippen LogP contribution < -0.4 is 0 Å². The summed E-state index contributed by atoms with van der Waals surface area (Å²) in [5.41, 5.74) is 0. The maximum atomic E-state index is 4.12. The predicted octanol–water partition coefficient (Wildman–Crippen LogP) is 4.70. The van der Waals surface area contributed by atoms with E-state index in [1.807, 2.05) is 0 Å². The Morgan fingerprint density at radius 2 is 1.67 bits per heavy atom. The van der Waals surface area contributed by atoms with Crippen molar-refractivity contribution in [3.63, 3.8) is 0 Å². The standard InChI is InChI=1S/C6H11.C3H7.CH3.BrH.Sn/c1-2-4-6-5-3-1;1-3-2;;;/h1H,2-6H2;3H,1-2H3;1H3;1H;/q;;;;+1/p-1. The zero-order valence-corrected chi connectivity index (χ0v) is 13.0. The molecular weight excluding hydrogens is 319 g/mol. The van der Waals surface area contributed by atoms with Crippen LogP contribution in [0.3, 0.4) is 0 Å². The van der Waals surface area contributed by atoms with Gasteiger partial charge in [0, 0.05) is 0 Å². The molecule has 2 heteroatoms. The number of hydrogen-bond acceptors (Lipinski definition) is 0. The van der Waals surface area contributed by atoms with Crippen LogP contribution in [0.4, 0.5) is 0 Å². The summed E-state index contributed by atoms with van der Waals surface area (Å²) in [5, 5.41) is 0. The van der Waals surface area contributed by atoms with Crippen molar-refractivity contribution in [1.29, 1.82) is 0 Å². The fourth-order valence-electron chi connectivity index (χ4n) is 2.14. The molecule has 0 aliphatic heterocycles. The second kappa shape index (κ2) is 4.67. The average Bonchev–Trinajstić information content (AvgIpc) is 2.06. The van der Waals surface area contributed by atoms with Crippen LogP contribution in [0.1, 0.15) is 46.0 Å². The van der Waals surface area contributed by atoms with E-state index in [0.717, 1.165) is 7.87 Å². The van der Waals surface area contributed by atoms with Crippen molar-refractivity contribution in [2.75, 3.05) is 0 Å². The third kappa shape index (κ3) is 2.63. The van der Waals surface area contributed by atoms with Crippen LogP contribution in [0, 0.1) is 0 Å². The van der Waals surface area contributed by atoms with E-state index < -0.39 is 16.2 Å². The molecule has 1 saturated carbocycles. The molecule has 0 radical (unpaired) electrons. The summed E-state index contributed by atoms with van der Waals surface area (Å²) in [6.45, 7) is 4.83. The summed E-state index contributed by atoms with van der Waals surface area (Å²) in [6.07, 6.45) is 7.53. The Hall–Kier alpha value is 1.28. The van der Waals surface area contributed by atoms with Gasteiger partial charge in [-0.3, -0.25) is 0 Å². The first kappa shape index (κ1) is 11.4. The van der Waals surface area contributed by atoms with Crippen molar-refractivity contribution in [1.82, 2.24) is 0 Å². The quantitative estimate of drug-likeness (QED) is 0.640. The summed E-state index contributed by atoms with van der Waals surface area (Å²) in [6, 6.07) is 0. The van der Waals surface area contributed by atoms with Crippen LogP contribution in [-0.4, -0.2) is 16.2 Å². The first-order chi connectivity index (χ1) is 5.55. The summed E-state index contributed by atoms with van der Waals surface area (Å²) in [5.74, 6) is 0. The molecule has 1 fully saturated rings. The molecule has 12 heavy (non-hydrogen) atoms. The van der Waals surface area contributed by atoms with E-state index in [4.69, 9.17) is 0 Å². The van der Waals surface area contributed by atoms with Crippen LogP contribution in [0.25, 0.3) is 0 Å². The molecule has 1 aliphatic carbocycles. The van der Waals surface area contributed by atoms with Gasteiger partial charge in [-0.15, -0.1) is 0 Å². The zero-order chi connectivity index (χ0) is 9.19. The minimum atomic E-state index is -1.81. The van der Waals surface area contributed by atoms with Gasteiger partial charge in [0.1, 0.15) is 0 Å². The van der Waals surface area contributed by atoms with Gasteiger partial charge in [-0.2, -0.15) is 0 Å². The Morgan fingerprint density at radius 1 is 1.17 bits per heavy atom. The Labute approximate surface area is 87.1 Å². The first-order valence-electron chi connectivity index (χ1n) is 5.24. The van der Waals surface area contributed by atoms with Crippen molar-refractivity contribution in [3.8, 4) is 0 Å². The maximum absolute atomic E-state index is 4.12. The SMILES string of the molecule is C[CH](C)[Sn]([CH3])([Br])[CH]1CCCCC1. The van der Waals surface area contributed by atoms with E-state index in [1.165, 1.54) is 32.1 Å². The van der Waals surface area contributed by atoms with Crippen molar-refractivity contribution in [2.45, 2.75) is 58.8 Å². The van der Waals surface area contributed by atoms with E-state index in [-0.39, 0.29) is 0 Å². The zero-order valence-electron chi connectivity index (χ0n) is 8.57. The Balaban J connectivity index is 2.53. The third-order valence-electron chi connectivity index (χ3n) is 3.53. The number of hydrogen-bond donors (Lipinski definition) is 0. The topological polar surface area (TPSA) is 0 Å². The molecule has 0 bridgehead atoms. The predicted molar refractivity (Wildman–Crippen MR) is 62.5 cm³/mol. The molecule has 0 N–H and O–H groups in total. The molecule has 0 aromatic rings. The van der Waals surface area contributed by atoms with Gasteiger partial charge in [0.25, 0.3) is 0 Å².